The molecule has 0 fully saturated rings. The van der Waals surface area contributed by atoms with Crippen LogP contribution in [0.15, 0.2) is 40.2 Å². The highest BCUT2D eigenvalue weighted by atomic mass is 79.9. The van der Waals surface area contributed by atoms with Crippen molar-refractivity contribution >= 4 is 27.3 Å². The van der Waals surface area contributed by atoms with Crippen molar-refractivity contribution in [1.82, 2.24) is 0 Å². The molecule has 0 radical (unpaired) electrons. The van der Waals surface area contributed by atoms with Crippen molar-refractivity contribution in [1.29, 1.82) is 0 Å². The molecular formula is C13H14BrNS. The molecule has 0 aliphatic heterocycles. The summed E-state index contributed by atoms with van der Waals surface area (Å²) in [7, 11) is 0. The first-order valence-electron chi connectivity index (χ1n) is 5.20. The average Bonchev–Trinajstić information content (AvgIpc) is 2.65. The molecule has 1 aromatic heterocycles. The predicted octanol–water partition coefficient (Wildman–Crippen LogP) is 4.06. The molecule has 1 unspecified atom stereocenters. The van der Waals surface area contributed by atoms with Gasteiger partial charge in [-0.1, -0.05) is 28.1 Å². The largest absolute Gasteiger partial charge is 0.324 e. The Labute approximate surface area is 108 Å². The van der Waals surface area contributed by atoms with E-state index in [1.165, 1.54) is 16.0 Å². The maximum absolute atomic E-state index is 6.18. The Morgan fingerprint density at radius 3 is 2.81 bits per heavy atom. The minimum atomic E-state index is 0.0965. The first kappa shape index (κ1) is 11.8. The second-order valence-electron chi connectivity index (χ2n) is 3.93. The Morgan fingerprint density at radius 1 is 1.38 bits per heavy atom. The fourth-order valence-electron chi connectivity index (χ4n) is 1.69. The number of thiophene rings is 1. The van der Waals surface area contributed by atoms with E-state index in [-0.39, 0.29) is 6.04 Å². The lowest BCUT2D eigenvalue weighted by Crippen LogP contribution is -2.12. The van der Waals surface area contributed by atoms with Crippen LogP contribution in [0.3, 0.4) is 0 Å². The van der Waals surface area contributed by atoms with Gasteiger partial charge in [0.1, 0.15) is 0 Å². The van der Waals surface area contributed by atoms with Crippen LogP contribution in [0.2, 0.25) is 0 Å². The fraction of sp³-hybridized carbons (Fsp3) is 0.231. The van der Waals surface area contributed by atoms with E-state index in [1.807, 2.05) is 12.1 Å². The normalized spacial score (nSPS) is 12.7. The van der Waals surface area contributed by atoms with Crippen LogP contribution in [0.1, 0.15) is 22.0 Å². The summed E-state index contributed by atoms with van der Waals surface area (Å²) in [6, 6.07) is 10.6. The van der Waals surface area contributed by atoms with Gasteiger partial charge in [-0.15, -0.1) is 11.3 Å². The first-order valence-corrected chi connectivity index (χ1v) is 6.87. The van der Waals surface area contributed by atoms with Crippen molar-refractivity contribution in [2.75, 3.05) is 0 Å². The van der Waals surface area contributed by atoms with E-state index in [2.05, 4.69) is 46.4 Å². The summed E-state index contributed by atoms with van der Waals surface area (Å²) in [5.74, 6) is 0. The van der Waals surface area contributed by atoms with Crippen LogP contribution in [0, 0.1) is 6.92 Å². The maximum atomic E-state index is 6.18. The second kappa shape index (κ2) is 5.13. The molecule has 0 spiro atoms. The molecule has 3 heteroatoms. The van der Waals surface area contributed by atoms with E-state index < -0.39 is 0 Å². The summed E-state index contributed by atoms with van der Waals surface area (Å²) in [4.78, 5) is 1.32. The number of rotatable bonds is 3. The standard InChI is InChI=1S/C13H14BrNS/c1-9-5-11(8-16-9)13(15)7-10-3-2-4-12(14)6-10/h2-6,8,13H,7,15H2,1H3. The summed E-state index contributed by atoms with van der Waals surface area (Å²) >= 11 is 5.23. The molecule has 1 heterocycles. The van der Waals surface area contributed by atoms with E-state index >= 15 is 0 Å². The van der Waals surface area contributed by atoms with Crippen LogP contribution in [-0.4, -0.2) is 0 Å². The molecule has 1 aromatic carbocycles. The molecule has 1 nitrogen and oxygen atoms in total. The third kappa shape index (κ3) is 2.94. The van der Waals surface area contributed by atoms with Crippen molar-refractivity contribution in [2.45, 2.75) is 19.4 Å². The highest BCUT2D eigenvalue weighted by Gasteiger charge is 2.08. The molecular weight excluding hydrogens is 282 g/mol. The number of hydrogen-bond acceptors (Lipinski definition) is 2. The Kier molecular flexibility index (Phi) is 3.79. The third-order valence-electron chi connectivity index (χ3n) is 2.52. The van der Waals surface area contributed by atoms with Crippen molar-refractivity contribution in [3.8, 4) is 0 Å². The summed E-state index contributed by atoms with van der Waals surface area (Å²) in [5, 5.41) is 2.15. The highest BCUT2D eigenvalue weighted by molar-refractivity contribution is 9.10. The van der Waals surface area contributed by atoms with Crippen molar-refractivity contribution in [3.05, 3.63) is 56.2 Å². The van der Waals surface area contributed by atoms with Crippen LogP contribution in [0.4, 0.5) is 0 Å². The average molecular weight is 296 g/mol. The van der Waals surface area contributed by atoms with Gasteiger partial charge in [0.15, 0.2) is 0 Å². The first-order chi connectivity index (χ1) is 7.65. The van der Waals surface area contributed by atoms with Crippen molar-refractivity contribution < 1.29 is 0 Å². The molecule has 1 atom stereocenters. The van der Waals surface area contributed by atoms with Gasteiger partial charge >= 0.3 is 0 Å². The van der Waals surface area contributed by atoms with Gasteiger partial charge in [-0.2, -0.15) is 0 Å². The van der Waals surface area contributed by atoms with Crippen LogP contribution in [0.25, 0.3) is 0 Å². The quantitative estimate of drug-likeness (QED) is 0.908. The Balaban J connectivity index is 2.10. The van der Waals surface area contributed by atoms with Gasteiger partial charge < -0.3 is 5.73 Å². The molecule has 0 amide bonds. The zero-order chi connectivity index (χ0) is 11.5. The van der Waals surface area contributed by atoms with Crippen molar-refractivity contribution in [3.63, 3.8) is 0 Å². The van der Waals surface area contributed by atoms with Crippen LogP contribution in [-0.2, 0) is 6.42 Å². The number of hydrogen-bond donors (Lipinski definition) is 1. The van der Waals surface area contributed by atoms with Gasteiger partial charge in [0.25, 0.3) is 0 Å². The molecule has 0 saturated carbocycles. The highest BCUT2D eigenvalue weighted by Crippen LogP contribution is 2.22. The lowest BCUT2D eigenvalue weighted by molar-refractivity contribution is 0.724. The van der Waals surface area contributed by atoms with E-state index in [0.29, 0.717) is 0 Å². The van der Waals surface area contributed by atoms with Gasteiger partial charge in [-0.25, -0.2) is 0 Å². The van der Waals surface area contributed by atoms with Gasteiger partial charge in [-0.3, -0.25) is 0 Å². The van der Waals surface area contributed by atoms with E-state index in [9.17, 15) is 0 Å². The van der Waals surface area contributed by atoms with E-state index in [0.717, 1.165) is 10.9 Å². The van der Waals surface area contributed by atoms with Crippen molar-refractivity contribution in [2.24, 2.45) is 5.73 Å². The molecule has 2 aromatic rings. The van der Waals surface area contributed by atoms with Gasteiger partial charge in [0, 0.05) is 15.4 Å². The molecule has 0 aliphatic rings. The van der Waals surface area contributed by atoms with Gasteiger partial charge in [0.05, 0.1) is 0 Å². The molecule has 2 N–H and O–H groups in total. The minimum absolute atomic E-state index is 0.0965. The predicted molar refractivity (Wildman–Crippen MR) is 73.8 cm³/mol. The smallest absolute Gasteiger partial charge is 0.0344 e. The minimum Gasteiger partial charge on any atom is -0.324 e. The number of halogens is 1. The summed E-state index contributed by atoms with van der Waals surface area (Å²) in [5.41, 5.74) is 8.69. The summed E-state index contributed by atoms with van der Waals surface area (Å²) in [6.07, 6.45) is 0.885. The van der Waals surface area contributed by atoms with Gasteiger partial charge in [0.2, 0.25) is 0 Å². The monoisotopic (exact) mass is 295 g/mol. The molecule has 16 heavy (non-hydrogen) atoms. The number of nitrogens with two attached hydrogens (primary N) is 1. The maximum Gasteiger partial charge on any atom is 0.0344 e. The lowest BCUT2D eigenvalue weighted by Gasteiger charge is -2.10. The third-order valence-corrected chi connectivity index (χ3v) is 3.90. The van der Waals surface area contributed by atoms with E-state index in [1.54, 1.807) is 11.3 Å². The molecule has 0 saturated heterocycles. The zero-order valence-electron chi connectivity index (χ0n) is 9.11. The lowest BCUT2D eigenvalue weighted by atomic mass is 10.0. The van der Waals surface area contributed by atoms with Crippen LogP contribution < -0.4 is 5.73 Å². The summed E-state index contributed by atoms with van der Waals surface area (Å²) in [6.45, 7) is 2.11. The fourth-order valence-corrected chi connectivity index (χ4v) is 2.91. The summed E-state index contributed by atoms with van der Waals surface area (Å²) < 4.78 is 1.11. The van der Waals surface area contributed by atoms with E-state index in [4.69, 9.17) is 5.73 Å². The van der Waals surface area contributed by atoms with Gasteiger partial charge in [-0.05, 0) is 48.1 Å². The number of benzene rings is 1. The second-order valence-corrected chi connectivity index (χ2v) is 5.96. The Morgan fingerprint density at radius 2 is 2.19 bits per heavy atom. The Bertz CT molecular complexity index is 478. The van der Waals surface area contributed by atoms with Crippen LogP contribution >= 0.6 is 27.3 Å². The Hall–Kier alpha value is -0.640. The number of aryl methyl sites for hydroxylation is 1. The van der Waals surface area contributed by atoms with Crippen LogP contribution in [0.5, 0.6) is 0 Å². The molecule has 2 rings (SSSR count). The molecule has 0 aliphatic carbocycles. The molecule has 84 valence electrons. The molecule has 0 bridgehead atoms. The SMILES string of the molecule is Cc1cc(C(N)Cc2cccc(Br)c2)cs1. The zero-order valence-corrected chi connectivity index (χ0v) is 11.5. The topological polar surface area (TPSA) is 26.0 Å².